The van der Waals surface area contributed by atoms with Gasteiger partial charge in [0, 0.05) is 10.2 Å². The molecule has 0 unspecified atom stereocenters. The standard InChI is InChI=1S/C17H11BrCl2N2O2/c1-24-14-6-10(5-12(18)7-14)4-11(9-21)17(23)22-13-2-3-15(19)16(20)8-13/h2-8H,1H3,(H,22,23)/b11-4+. The highest BCUT2D eigenvalue weighted by Gasteiger charge is 2.11. The van der Waals surface area contributed by atoms with Crippen molar-refractivity contribution in [2.45, 2.75) is 0 Å². The van der Waals surface area contributed by atoms with Gasteiger partial charge >= 0.3 is 0 Å². The van der Waals surface area contributed by atoms with Gasteiger partial charge in [-0.25, -0.2) is 0 Å². The first-order chi connectivity index (χ1) is 11.4. The highest BCUT2D eigenvalue weighted by atomic mass is 79.9. The molecule has 0 radical (unpaired) electrons. The summed E-state index contributed by atoms with van der Waals surface area (Å²) < 4.78 is 5.93. The van der Waals surface area contributed by atoms with Gasteiger partial charge in [-0.05, 0) is 48.0 Å². The Morgan fingerprint density at radius 1 is 1.25 bits per heavy atom. The van der Waals surface area contributed by atoms with Crippen molar-refractivity contribution < 1.29 is 9.53 Å². The molecular formula is C17H11BrCl2N2O2. The first-order valence-electron chi connectivity index (χ1n) is 6.65. The van der Waals surface area contributed by atoms with Gasteiger partial charge in [0.2, 0.25) is 0 Å². The van der Waals surface area contributed by atoms with E-state index in [1.165, 1.54) is 19.3 Å². The van der Waals surface area contributed by atoms with Crippen molar-refractivity contribution in [2.24, 2.45) is 0 Å². The molecular weight excluding hydrogens is 415 g/mol. The van der Waals surface area contributed by atoms with E-state index >= 15 is 0 Å². The van der Waals surface area contributed by atoms with Crippen LogP contribution in [0.5, 0.6) is 5.75 Å². The fourth-order valence-corrected chi connectivity index (χ4v) is 2.66. The van der Waals surface area contributed by atoms with Crippen LogP contribution in [-0.2, 0) is 4.79 Å². The highest BCUT2D eigenvalue weighted by Crippen LogP contribution is 2.26. The molecule has 122 valence electrons. The number of carbonyl (C=O) groups is 1. The van der Waals surface area contributed by atoms with Gasteiger partial charge < -0.3 is 10.1 Å². The SMILES string of the molecule is COc1cc(Br)cc(/C=C(\C#N)C(=O)Nc2ccc(Cl)c(Cl)c2)c1. The third-order valence-corrected chi connectivity index (χ3v) is 4.18. The maximum absolute atomic E-state index is 12.3. The largest absolute Gasteiger partial charge is 0.497 e. The highest BCUT2D eigenvalue weighted by molar-refractivity contribution is 9.10. The Morgan fingerprint density at radius 3 is 2.62 bits per heavy atom. The number of rotatable bonds is 4. The zero-order valence-electron chi connectivity index (χ0n) is 12.4. The molecule has 0 saturated heterocycles. The van der Waals surface area contributed by atoms with Crippen LogP contribution in [0.3, 0.4) is 0 Å². The third kappa shape index (κ3) is 4.75. The van der Waals surface area contributed by atoms with E-state index in [4.69, 9.17) is 27.9 Å². The number of nitriles is 1. The van der Waals surface area contributed by atoms with Crippen molar-refractivity contribution >= 4 is 56.8 Å². The summed E-state index contributed by atoms with van der Waals surface area (Å²) >= 11 is 15.1. The summed E-state index contributed by atoms with van der Waals surface area (Å²) in [5.41, 5.74) is 1.05. The first-order valence-corrected chi connectivity index (χ1v) is 8.20. The number of carbonyl (C=O) groups excluding carboxylic acids is 1. The Morgan fingerprint density at radius 2 is 2.00 bits per heavy atom. The molecule has 4 nitrogen and oxygen atoms in total. The third-order valence-electron chi connectivity index (χ3n) is 2.98. The van der Waals surface area contributed by atoms with E-state index < -0.39 is 5.91 Å². The van der Waals surface area contributed by atoms with E-state index in [0.717, 1.165) is 4.47 Å². The van der Waals surface area contributed by atoms with E-state index in [9.17, 15) is 10.1 Å². The number of benzene rings is 2. The van der Waals surface area contributed by atoms with E-state index in [0.29, 0.717) is 27.0 Å². The summed E-state index contributed by atoms with van der Waals surface area (Å²) in [7, 11) is 1.54. The number of methoxy groups -OCH3 is 1. The predicted molar refractivity (Wildman–Crippen MR) is 99.4 cm³/mol. The molecule has 2 aromatic carbocycles. The molecule has 0 aliphatic heterocycles. The van der Waals surface area contributed by atoms with Gasteiger partial charge in [-0.2, -0.15) is 5.26 Å². The zero-order valence-corrected chi connectivity index (χ0v) is 15.5. The number of ether oxygens (including phenoxy) is 1. The molecule has 0 atom stereocenters. The molecule has 0 fully saturated rings. The van der Waals surface area contributed by atoms with Gasteiger partial charge in [-0.1, -0.05) is 39.1 Å². The quantitative estimate of drug-likeness (QED) is 0.533. The van der Waals surface area contributed by atoms with Gasteiger partial charge in [0.15, 0.2) is 0 Å². The summed E-state index contributed by atoms with van der Waals surface area (Å²) in [4.78, 5) is 12.3. The minimum atomic E-state index is -0.546. The lowest BCUT2D eigenvalue weighted by Gasteiger charge is -2.06. The average molecular weight is 426 g/mol. The minimum Gasteiger partial charge on any atom is -0.497 e. The van der Waals surface area contributed by atoms with Gasteiger partial charge in [0.25, 0.3) is 5.91 Å². The van der Waals surface area contributed by atoms with Crippen LogP contribution in [0, 0.1) is 11.3 Å². The van der Waals surface area contributed by atoms with Crippen molar-refractivity contribution in [3.8, 4) is 11.8 Å². The van der Waals surface area contributed by atoms with Gasteiger partial charge in [-0.3, -0.25) is 4.79 Å². The van der Waals surface area contributed by atoms with Crippen molar-refractivity contribution in [3.63, 3.8) is 0 Å². The number of nitrogens with one attached hydrogen (secondary N) is 1. The van der Waals surface area contributed by atoms with Crippen LogP contribution in [0.15, 0.2) is 46.4 Å². The van der Waals surface area contributed by atoms with Crippen LogP contribution in [0.2, 0.25) is 10.0 Å². The van der Waals surface area contributed by atoms with E-state index in [-0.39, 0.29) is 5.57 Å². The lowest BCUT2D eigenvalue weighted by molar-refractivity contribution is -0.112. The number of hydrogen-bond donors (Lipinski definition) is 1. The number of anilines is 1. The molecule has 2 rings (SSSR count). The Kier molecular flexibility index (Phi) is 6.27. The topological polar surface area (TPSA) is 62.1 Å². The summed E-state index contributed by atoms with van der Waals surface area (Å²) in [6, 6.07) is 11.8. The maximum Gasteiger partial charge on any atom is 0.266 e. The van der Waals surface area contributed by atoms with Crippen LogP contribution >= 0.6 is 39.1 Å². The summed E-state index contributed by atoms with van der Waals surface area (Å²) in [6.07, 6.45) is 1.47. The summed E-state index contributed by atoms with van der Waals surface area (Å²) in [5.74, 6) is 0.0626. The summed E-state index contributed by atoms with van der Waals surface area (Å²) in [6.45, 7) is 0. The van der Waals surface area contributed by atoms with Crippen LogP contribution in [0.4, 0.5) is 5.69 Å². The Hall–Kier alpha value is -2.00. The average Bonchev–Trinajstić information content (AvgIpc) is 2.55. The lowest BCUT2D eigenvalue weighted by atomic mass is 10.1. The van der Waals surface area contributed by atoms with Gasteiger partial charge in [0.05, 0.1) is 17.2 Å². The second kappa shape index (κ2) is 8.20. The van der Waals surface area contributed by atoms with Crippen molar-refractivity contribution in [3.05, 3.63) is 62.1 Å². The molecule has 24 heavy (non-hydrogen) atoms. The first kappa shape index (κ1) is 18.3. The second-order valence-corrected chi connectivity index (χ2v) is 6.41. The Labute approximate surface area is 157 Å². The molecule has 1 amide bonds. The molecule has 1 N–H and O–H groups in total. The molecule has 0 aliphatic rings. The predicted octanol–water partition coefficient (Wildman–Crippen LogP) is 5.31. The van der Waals surface area contributed by atoms with Crippen LogP contribution in [0.1, 0.15) is 5.56 Å². The van der Waals surface area contributed by atoms with E-state index in [1.54, 1.807) is 30.3 Å². The molecule has 0 spiro atoms. The number of nitrogens with zero attached hydrogens (tertiary/aromatic N) is 1. The number of halogens is 3. The zero-order chi connectivity index (χ0) is 17.7. The fourth-order valence-electron chi connectivity index (χ4n) is 1.87. The van der Waals surface area contributed by atoms with Crippen LogP contribution in [-0.4, -0.2) is 13.0 Å². The van der Waals surface area contributed by atoms with Crippen LogP contribution < -0.4 is 10.1 Å². The number of hydrogen-bond acceptors (Lipinski definition) is 3. The molecule has 0 bridgehead atoms. The monoisotopic (exact) mass is 424 g/mol. The minimum absolute atomic E-state index is 0.0544. The maximum atomic E-state index is 12.3. The molecule has 0 heterocycles. The van der Waals surface area contributed by atoms with Crippen molar-refractivity contribution in [2.75, 3.05) is 12.4 Å². The van der Waals surface area contributed by atoms with Crippen LogP contribution in [0.25, 0.3) is 6.08 Å². The molecule has 0 saturated carbocycles. The van der Waals surface area contributed by atoms with Gasteiger partial charge in [-0.15, -0.1) is 0 Å². The molecule has 7 heteroatoms. The molecule has 0 aromatic heterocycles. The lowest BCUT2D eigenvalue weighted by Crippen LogP contribution is -2.13. The second-order valence-electron chi connectivity index (χ2n) is 4.68. The summed E-state index contributed by atoms with van der Waals surface area (Å²) in [5, 5.41) is 12.6. The number of amides is 1. The van der Waals surface area contributed by atoms with Gasteiger partial charge in [0.1, 0.15) is 17.4 Å². The van der Waals surface area contributed by atoms with Crippen molar-refractivity contribution in [1.82, 2.24) is 0 Å². The van der Waals surface area contributed by atoms with Crippen molar-refractivity contribution in [1.29, 1.82) is 5.26 Å². The molecule has 0 aliphatic carbocycles. The Balaban J connectivity index is 2.27. The Bertz CT molecular complexity index is 860. The fraction of sp³-hybridized carbons (Fsp3) is 0.0588. The smallest absolute Gasteiger partial charge is 0.266 e. The normalized spacial score (nSPS) is 10.9. The molecule has 2 aromatic rings. The van der Waals surface area contributed by atoms with E-state index in [2.05, 4.69) is 21.2 Å². The van der Waals surface area contributed by atoms with E-state index in [1.807, 2.05) is 6.07 Å².